The average molecular weight is 377 g/mol. The third kappa shape index (κ3) is 4.70. The molecule has 0 aliphatic heterocycles. The molecule has 0 saturated carbocycles. The Balaban J connectivity index is 2.24. The van der Waals surface area contributed by atoms with Gasteiger partial charge in [0.05, 0.1) is 25.8 Å². The lowest BCUT2D eigenvalue weighted by Crippen LogP contribution is -1.99. The van der Waals surface area contributed by atoms with E-state index in [1.165, 1.54) is 38.5 Å². The van der Waals surface area contributed by atoms with E-state index in [0.29, 0.717) is 34.3 Å². The maximum Gasteiger partial charge on any atom is 0.185 e. The molecule has 0 spiro atoms. The number of halogens is 1. The number of ketones is 1. The van der Waals surface area contributed by atoms with Gasteiger partial charge in [-0.15, -0.1) is 0 Å². The summed E-state index contributed by atoms with van der Waals surface area (Å²) in [6.07, 6.45) is 3.91. The fourth-order valence-electron chi connectivity index (χ4n) is 2.28. The van der Waals surface area contributed by atoms with Gasteiger partial charge in [0.2, 0.25) is 0 Å². The van der Waals surface area contributed by atoms with E-state index >= 15 is 0 Å². The van der Waals surface area contributed by atoms with E-state index in [0.717, 1.165) is 6.42 Å². The van der Waals surface area contributed by atoms with Crippen LogP contribution in [0.5, 0.6) is 23.0 Å². The predicted molar refractivity (Wildman–Crippen MR) is 102 cm³/mol. The second kappa shape index (κ2) is 9.15. The van der Waals surface area contributed by atoms with Crippen molar-refractivity contribution in [2.24, 2.45) is 0 Å². The van der Waals surface area contributed by atoms with Crippen molar-refractivity contribution < 1.29 is 24.1 Å². The Morgan fingerprint density at radius 3 is 2.54 bits per heavy atom. The Labute approximate surface area is 157 Å². The van der Waals surface area contributed by atoms with E-state index in [1.807, 2.05) is 6.92 Å². The highest BCUT2D eigenvalue weighted by Crippen LogP contribution is 2.37. The quantitative estimate of drug-likeness (QED) is 0.532. The van der Waals surface area contributed by atoms with Crippen molar-refractivity contribution in [3.05, 3.63) is 52.6 Å². The van der Waals surface area contributed by atoms with Gasteiger partial charge in [-0.2, -0.15) is 0 Å². The zero-order valence-electron chi connectivity index (χ0n) is 14.9. The fraction of sp³-hybridized carbons (Fsp3) is 0.250. The molecule has 1 N–H and O–H groups in total. The SMILES string of the molecule is CCCOc1c(Cl)cc(/C=C/C(=O)c2ccc(O)c(OC)c2)cc1OC. The predicted octanol–water partition coefficient (Wildman–Crippen LogP) is 4.75. The molecule has 26 heavy (non-hydrogen) atoms. The Hall–Kier alpha value is -2.66. The first-order chi connectivity index (χ1) is 12.5. The highest BCUT2D eigenvalue weighted by molar-refractivity contribution is 6.32. The zero-order chi connectivity index (χ0) is 19.1. The molecule has 0 radical (unpaired) electrons. The molecule has 0 unspecified atom stereocenters. The second-order valence-corrected chi connectivity index (χ2v) is 5.87. The van der Waals surface area contributed by atoms with E-state index in [2.05, 4.69) is 0 Å². The maximum absolute atomic E-state index is 12.3. The molecule has 0 aliphatic carbocycles. The Morgan fingerprint density at radius 2 is 1.88 bits per heavy atom. The molecule has 2 aromatic rings. The van der Waals surface area contributed by atoms with Crippen LogP contribution in [-0.2, 0) is 0 Å². The molecule has 0 atom stereocenters. The van der Waals surface area contributed by atoms with Crippen LogP contribution < -0.4 is 14.2 Å². The summed E-state index contributed by atoms with van der Waals surface area (Å²) in [5.74, 6) is 0.982. The number of hydrogen-bond acceptors (Lipinski definition) is 5. The van der Waals surface area contributed by atoms with E-state index in [1.54, 1.807) is 18.2 Å². The van der Waals surface area contributed by atoms with E-state index in [-0.39, 0.29) is 17.3 Å². The summed E-state index contributed by atoms with van der Waals surface area (Å²) in [7, 11) is 2.96. The molecule has 0 saturated heterocycles. The highest BCUT2D eigenvalue weighted by Gasteiger charge is 2.12. The number of aromatic hydroxyl groups is 1. The summed E-state index contributed by atoms with van der Waals surface area (Å²) < 4.78 is 16.0. The van der Waals surface area contributed by atoms with E-state index in [4.69, 9.17) is 25.8 Å². The van der Waals surface area contributed by atoms with Gasteiger partial charge in [-0.05, 0) is 48.4 Å². The van der Waals surface area contributed by atoms with Gasteiger partial charge in [0.1, 0.15) is 0 Å². The first-order valence-corrected chi connectivity index (χ1v) is 8.47. The van der Waals surface area contributed by atoms with Crippen molar-refractivity contribution >= 4 is 23.5 Å². The lowest BCUT2D eigenvalue weighted by Gasteiger charge is -2.12. The topological polar surface area (TPSA) is 65.0 Å². The standard InChI is InChI=1S/C20H21ClO5/c1-4-9-26-20-15(21)10-13(11-19(20)25-3)5-7-16(22)14-6-8-17(23)18(12-14)24-2/h5-8,10-12,23H,4,9H2,1-3H3/b7-5+. The van der Waals surface area contributed by atoms with E-state index in [9.17, 15) is 9.90 Å². The Bertz CT molecular complexity index is 814. The third-order valence-corrected chi connectivity index (χ3v) is 3.87. The van der Waals surface area contributed by atoms with Gasteiger partial charge in [0, 0.05) is 5.56 Å². The molecule has 138 valence electrons. The average Bonchev–Trinajstić information content (AvgIpc) is 2.65. The van der Waals surface area contributed by atoms with Gasteiger partial charge in [-0.1, -0.05) is 24.6 Å². The van der Waals surface area contributed by atoms with Gasteiger partial charge in [-0.3, -0.25) is 4.79 Å². The summed E-state index contributed by atoms with van der Waals surface area (Å²) in [5, 5.41) is 10.0. The minimum absolute atomic E-state index is 0.0211. The first-order valence-electron chi connectivity index (χ1n) is 8.09. The van der Waals surface area contributed by atoms with Crippen LogP contribution in [0.25, 0.3) is 6.08 Å². The number of carbonyl (C=O) groups excluding carboxylic acids is 1. The van der Waals surface area contributed by atoms with Gasteiger partial charge in [0.25, 0.3) is 0 Å². The molecule has 0 amide bonds. The van der Waals surface area contributed by atoms with Crippen LogP contribution >= 0.6 is 11.6 Å². The maximum atomic E-state index is 12.3. The van der Waals surface area contributed by atoms with Crippen LogP contribution in [0.15, 0.2) is 36.4 Å². The number of ether oxygens (including phenoxy) is 3. The van der Waals surface area contributed by atoms with Crippen LogP contribution in [0, 0.1) is 0 Å². The van der Waals surface area contributed by atoms with Crippen molar-refractivity contribution in [2.45, 2.75) is 13.3 Å². The number of benzene rings is 2. The van der Waals surface area contributed by atoms with Crippen LogP contribution in [0.4, 0.5) is 0 Å². The van der Waals surface area contributed by atoms with Gasteiger partial charge in [-0.25, -0.2) is 0 Å². The molecular formula is C20H21ClO5. The number of carbonyl (C=O) groups is 1. The minimum Gasteiger partial charge on any atom is -0.504 e. The minimum atomic E-state index is -0.232. The number of hydrogen-bond donors (Lipinski definition) is 1. The third-order valence-electron chi connectivity index (χ3n) is 3.59. The summed E-state index contributed by atoms with van der Waals surface area (Å²) in [6, 6.07) is 7.88. The van der Waals surface area contributed by atoms with E-state index < -0.39 is 0 Å². The molecule has 0 aromatic heterocycles. The molecule has 6 heteroatoms. The van der Waals surface area contributed by atoms with Crippen LogP contribution in [0.1, 0.15) is 29.3 Å². The first kappa shape index (κ1) is 19.7. The van der Waals surface area contributed by atoms with Crippen LogP contribution in [0.2, 0.25) is 5.02 Å². The second-order valence-electron chi connectivity index (χ2n) is 5.47. The number of rotatable bonds is 8. The lowest BCUT2D eigenvalue weighted by molar-refractivity contribution is 0.104. The fourth-order valence-corrected chi connectivity index (χ4v) is 2.55. The van der Waals surface area contributed by atoms with Gasteiger partial charge < -0.3 is 19.3 Å². The van der Waals surface area contributed by atoms with Gasteiger partial charge in [0.15, 0.2) is 28.8 Å². The molecular weight excluding hydrogens is 356 g/mol. The molecule has 0 bridgehead atoms. The molecule has 2 rings (SSSR count). The summed E-state index contributed by atoms with van der Waals surface area (Å²) in [6.45, 7) is 2.54. The van der Waals surface area contributed by atoms with Gasteiger partial charge >= 0.3 is 0 Å². The number of allylic oxidation sites excluding steroid dienone is 1. The number of phenolic OH excluding ortho intramolecular Hbond substituents is 1. The van der Waals surface area contributed by atoms with Crippen molar-refractivity contribution in [3.63, 3.8) is 0 Å². The monoisotopic (exact) mass is 376 g/mol. The molecule has 2 aromatic carbocycles. The smallest absolute Gasteiger partial charge is 0.185 e. The van der Waals surface area contributed by atoms with Crippen LogP contribution in [0.3, 0.4) is 0 Å². The summed E-state index contributed by atoms with van der Waals surface area (Å²) in [5.41, 5.74) is 1.10. The van der Waals surface area contributed by atoms with Crippen LogP contribution in [-0.4, -0.2) is 31.7 Å². The largest absolute Gasteiger partial charge is 0.504 e. The number of methoxy groups -OCH3 is 2. The molecule has 0 heterocycles. The Kier molecular flexibility index (Phi) is 6.92. The van der Waals surface area contributed by atoms with Crippen molar-refractivity contribution in [2.75, 3.05) is 20.8 Å². The lowest BCUT2D eigenvalue weighted by atomic mass is 10.1. The normalized spacial score (nSPS) is 10.8. The Morgan fingerprint density at radius 1 is 1.15 bits per heavy atom. The summed E-state index contributed by atoms with van der Waals surface area (Å²) in [4.78, 5) is 12.3. The van der Waals surface area contributed by atoms with Crippen molar-refractivity contribution in [3.8, 4) is 23.0 Å². The number of phenols is 1. The molecule has 0 fully saturated rings. The van der Waals surface area contributed by atoms with Crippen molar-refractivity contribution in [1.29, 1.82) is 0 Å². The molecule has 5 nitrogen and oxygen atoms in total. The highest BCUT2D eigenvalue weighted by atomic mass is 35.5. The van der Waals surface area contributed by atoms with Crippen molar-refractivity contribution in [1.82, 2.24) is 0 Å². The summed E-state index contributed by atoms with van der Waals surface area (Å²) >= 11 is 6.27. The molecule has 0 aliphatic rings. The zero-order valence-corrected chi connectivity index (χ0v) is 15.7.